The lowest BCUT2D eigenvalue weighted by Crippen LogP contribution is -2.20. The second-order valence-electron chi connectivity index (χ2n) is 6.58. The predicted molar refractivity (Wildman–Crippen MR) is 112 cm³/mol. The minimum atomic E-state index is -0.557. The zero-order valence-electron chi connectivity index (χ0n) is 15.7. The Bertz CT molecular complexity index is 1270. The van der Waals surface area contributed by atoms with E-state index >= 15 is 0 Å². The van der Waals surface area contributed by atoms with Crippen LogP contribution < -0.4 is 10.7 Å². The van der Waals surface area contributed by atoms with E-state index in [0.717, 1.165) is 27.7 Å². The van der Waals surface area contributed by atoms with Gasteiger partial charge in [-0.2, -0.15) is 5.10 Å². The van der Waals surface area contributed by atoms with E-state index in [1.54, 1.807) is 7.05 Å². The number of rotatable bonds is 4. The largest absolute Gasteiger partial charge is 0.503 e. The van der Waals surface area contributed by atoms with Gasteiger partial charge < -0.3 is 15.0 Å². The molecular weight excluding hydrogens is 352 g/mol. The first-order valence-electron chi connectivity index (χ1n) is 8.84. The topological polar surface area (TPSA) is 72.1 Å². The number of para-hydroxylation sites is 1. The fourth-order valence-corrected chi connectivity index (χ4v) is 3.28. The summed E-state index contributed by atoms with van der Waals surface area (Å²) in [5.74, 6) is -0.380. The van der Waals surface area contributed by atoms with Gasteiger partial charge in [-0.1, -0.05) is 30.8 Å². The van der Waals surface area contributed by atoms with E-state index in [-0.39, 0.29) is 11.4 Å². The van der Waals surface area contributed by atoms with Crippen LogP contribution in [0.25, 0.3) is 33.4 Å². The normalized spacial score (nSPS) is 10.9. The number of aromatic nitrogens is 3. The molecule has 0 atom stereocenters. The maximum Gasteiger partial charge on any atom is 0.251 e. The van der Waals surface area contributed by atoms with Crippen molar-refractivity contribution in [1.82, 2.24) is 19.7 Å². The molecule has 0 radical (unpaired) electrons. The van der Waals surface area contributed by atoms with Crippen molar-refractivity contribution < 1.29 is 5.11 Å². The van der Waals surface area contributed by atoms with Gasteiger partial charge in [0.15, 0.2) is 11.4 Å². The Morgan fingerprint density at radius 1 is 1.18 bits per heavy atom. The Morgan fingerprint density at radius 2 is 1.96 bits per heavy atom. The Hall–Kier alpha value is -3.80. The van der Waals surface area contributed by atoms with Crippen LogP contribution in [-0.4, -0.2) is 26.5 Å². The third kappa shape index (κ3) is 2.85. The van der Waals surface area contributed by atoms with E-state index in [1.807, 2.05) is 37.5 Å². The van der Waals surface area contributed by atoms with Gasteiger partial charge >= 0.3 is 0 Å². The van der Waals surface area contributed by atoms with Gasteiger partial charge in [-0.05, 0) is 29.8 Å². The van der Waals surface area contributed by atoms with Gasteiger partial charge in [-0.15, -0.1) is 0 Å². The number of nitrogens with one attached hydrogen (secondary N) is 1. The average Bonchev–Trinajstić information content (AvgIpc) is 3.09. The van der Waals surface area contributed by atoms with Crippen LogP contribution in [0.15, 0.2) is 72.3 Å². The van der Waals surface area contributed by atoms with Crippen molar-refractivity contribution in [2.75, 3.05) is 7.05 Å². The van der Waals surface area contributed by atoms with E-state index in [1.165, 1.54) is 10.9 Å². The molecule has 0 saturated carbocycles. The van der Waals surface area contributed by atoms with E-state index in [9.17, 15) is 9.90 Å². The lowest BCUT2D eigenvalue weighted by Gasteiger charge is -2.14. The van der Waals surface area contributed by atoms with Crippen LogP contribution in [0.2, 0.25) is 0 Å². The first kappa shape index (κ1) is 17.6. The van der Waals surface area contributed by atoms with Crippen LogP contribution in [0.5, 0.6) is 5.75 Å². The van der Waals surface area contributed by atoms with Crippen LogP contribution in [0.4, 0.5) is 0 Å². The number of benzene rings is 2. The fraction of sp³-hybridized carbons (Fsp3) is 0.0909. The van der Waals surface area contributed by atoms with Gasteiger partial charge in [-0.25, -0.2) is 4.68 Å². The molecule has 6 heteroatoms. The Morgan fingerprint density at radius 3 is 2.75 bits per heavy atom. The summed E-state index contributed by atoms with van der Waals surface area (Å²) in [6, 6.07) is 16.0. The van der Waals surface area contributed by atoms with Crippen molar-refractivity contribution in [2.24, 2.45) is 7.05 Å². The molecule has 4 rings (SSSR count). The fourth-order valence-electron chi connectivity index (χ4n) is 3.28. The van der Waals surface area contributed by atoms with Gasteiger partial charge in [0.25, 0.3) is 5.43 Å². The maximum absolute atomic E-state index is 12.2. The van der Waals surface area contributed by atoms with Gasteiger partial charge in [0.2, 0.25) is 0 Å². The standard InChI is InChI=1S/C22H20N4O2/c1-14(23-2)21-22(28)20(27)13-26(24-21)19-7-5-4-6-17(19)15-8-9-18-16(12-15)10-11-25(18)3/h4-13,23,27H,1H2,2-3H3. The highest BCUT2D eigenvalue weighted by molar-refractivity contribution is 5.87. The van der Waals surface area contributed by atoms with Crippen LogP contribution in [0.3, 0.4) is 0 Å². The SMILES string of the molecule is C=C(NC)c1nn(-c2ccccc2-c2ccc3c(ccn3C)c2)cc(O)c1=O. The number of hydrogen-bond donors (Lipinski definition) is 2. The van der Waals surface area contributed by atoms with Gasteiger partial charge in [-0.3, -0.25) is 4.79 Å². The number of hydrogen-bond acceptors (Lipinski definition) is 4. The molecule has 2 N–H and O–H groups in total. The number of aromatic hydroxyl groups is 1. The highest BCUT2D eigenvalue weighted by Gasteiger charge is 2.14. The molecule has 2 aromatic heterocycles. The maximum atomic E-state index is 12.2. The molecule has 2 heterocycles. The Kier molecular flexibility index (Phi) is 4.24. The number of aryl methyl sites for hydroxylation is 1. The highest BCUT2D eigenvalue weighted by atomic mass is 16.3. The molecule has 0 bridgehead atoms. The van der Waals surface area contributed by atoms with E-state index in [4.69, 9.17) is 0 Å². The summed E-state index contributed by atoms with van der Waals surface area (Å²) in [6.45, 7) is 3.80. The quantitative estimate of drug-likeness (QED) is 0.577. The van der Waals surface area contributed by atoms with Gasteiger partial charge in [0, 0.05) is 36.8 Å². The van der Waals surface area contributed by atoms with Crippen molar-refractivity contribution in [3.63, 3.8) is 0 Å². The van der Waals surface area contributed by atoms with E-state index in [0.29, 0.717) is 5.70 Å². The average molecular weight is 372 g/mol. The first-order chi connectivity index (χ1) is 13.5. The summed E-state index contributed by atoms with van der Waals surface area (Å²) in [4.78, 5) is 12.2. The minimum absolute atomic E-state index is 0.0795. The highest BCUT2D eigenvalue weighted by Crippen LogP contribution is 2.29. The van der Waals surface area contributed by atoms with Crippen LogP contribution in [0.1, 0.15) is 5.69 Å². The lowest BCUT2D eigenvalue weighted by atomic mass is 10.0. The lowest BCUT2D eigenvalue weighted by molar-refractivity contribution is 0.461. The third-order valence-electron chi connectivity index (χ3n) is 4.83. The molecule has 0 unspecified atom stereocenters. The van der Waals surface area contributed by atoms with Crippen LogP contribution in [0, 0.1) is 0 Å². The Balaban J connectivity index is 1.92. The smallest absolute Gasteiger partial charge is 0.251 e. The third-order valence-corrected chi connectivity index (χ3v) is 4.83. The molecule has 28 heavy (non-hydrogen) atoms. The molecule has 0 fully saturated rings. The summed E-state index contributed by atoms with van der Waals surface area (Å²) in [5, 5.41) is 18.5. The predicted octanol–water partition coefficient (Wildman–Crippen LogP) is 3.29. The summed E-state index contributed by atoms with van der Waals surface area (Å²) in [6.07, 6.45) is 3.35. The number of nitrogens with zero attached hydrogens (tertiary/aromatic N) is 3. The first-order valence-corrected chi connectivity index (χ1v) is 8.84. The van der Waals surface area contributed by atoms with Crippen molar-refractivity contribution >= 4 is 16.6 Å². The molecular formula is C22H20N4O2. The molecule has 0 saturated heterocycles. The zero-order valence-corrected chi connectivity index (χ0v) is 15.7. The summed E-state index contributed by atoms with van der Waals surface area (Å²) >= 11 is 0. The zero-order chi connectivity index (χ0) is 19.8. The summed E-state index contributed by atoms with van der Waals surface area (Å²) < 4.78 is 3.58. The van der Waals surface area contributed by atoms with Crippen LogP contribution >= 0.6 is 0 Å². The van der Waals surface area contributed by atoms with Crippen molar-refractivity contribution in [3.8, 4) is 22.6 Å². The molecule has 140 valence electrons. The Labute approximate surface area is 162 Å². The number of fused-ring (bicyclic) bond motifs is 1. The summed E-state index contributed by atoms with van der Waals surface area (Å²) in [7, 11) is 3.67. The monoisotopic (exact) mass is 372 g/mol. The summed E-state index contributed by atoms with van der Waals surface area (Å²) in [5.41, 5.74) is 3.71. The van der Waals surface area contributed by atoms with Crippen LogP contribution in [-0.2, 0) is 7.05 Å². The van der Waals surface area contributed by atoms with Crippen molar-refractivity contribution in [1.29, 1.82) is 0 Å². The molecule has 0 amide bonds. The van der Waals surface area contributed by atoms with Crippen molar-refractivity contribution in [2.45, 2.75) is 0 Å². The molecule has 0 aliphatic heterocycles. The van der Waals surface area contributed by atoms with E-state index < -0.39 is 5.43 Å². The van der Waals surface area contributed by atoms with Crippen molar-refractivity contribution in [3.05, 3.63) is 83.4 Å². The van der Waals surface area contributed by atoms with Gasteiger partial charge in [0.05, 0.1) is 17.6 Å². The second-order valence-corrected chi connectivity index (χ2v) is 6.58. The second kappa shape index (κ2) is 6.74. The molecule has 0 spiro atoms. The molecule has 2 aromatic carbocycles. The molecule has 4 aromatic rings. The van der Waals surface area contributed by atoms with E-state index in [2.05, 4.69) is 45.8 Å². The molecule has 6 nitrogen and oxygen atoms in total. The minimum Gasteiger partial charge on any atom is -0.503 e. The molecule has 0 aliphatic rings. The van der Waals surface area contributed by atoms with Gasteiger partial charge in [0.1, 0.15) is 0 Å². The molecule has 0 aliphatic carbocycles.